The van der Waals surface area contributed by atoms with Gasteiger partial charge in [-0.2, -0.15) is 21.6 Å². The second kappa shape index (κ2) is 12.2. The molecule has 0 unspecified atom stereocenters. The van der Waals surface area contributed by atoms with Crippen molar-refractivity contribution >= 4 is 15.9 Å². The van der Waals surface area contributed by atoms with Crippen LogP contribution in [0.15, 0.2) is 65.7 Å². The van der Waals surface area contributed by atoms with Crippen molar-refractivity contribution in [3.05, 3.63) is 77.8 Å². The molecule has 0 bridgehead atoms. The van der Waals surface area contributed by atoms with Gasteiger partial charge in [-0.25, -0.2) is 19.1 Å². The van der Waals surface area contributed by atoms with E-state index in [-0.39, 0.29) is 34.6 Å². The van der Waals surface area contributed by atoms with Crippen molar-refractivity contribution in [1.82, 2.24) is 14.7 Å². The van der Waals surface area contributed by atoms with Gasteiger partial charge in [-0.1, -0.05) is 19.9 Å². The number of nitrogens with one attached hydrogen (secondary N) is 1. The van der Waals surface area contributed by atoms with Gasteiger partial charge in [-0.3, -0.25) is 4.79 Å². The molecule has 39 heavy (non-hydrogen) atoms. The van der Waals surface area contributed by atoms with Crippen LogP contribution in [-0.4, -0.2) is 43.7 Å². The maximum atomic E-state index is 14.3. The first kappa shape index (κ1) is 29.6. The summed E-state index contributed by atoms with van der Waals surface area (Å²) in [6, 6.07) is 10.5. The average molecular weight is 568 g/mol. The number of carbonyl (C=O) groups excluding carboxylic acids is 1. The van der Waals surface area contributed by atoms with Crippen LogP contribution in [0.5, 0.6) is 11.6 Å². The van der Waals surface area contributed by atoms with Gasteiger partial charge in [0.05, 0.1) is 12.3 Å². The molecule has 0 saturated heterocycles. The van der Waals surface area contributed by atoms with Crippen LogP contribution in [0.3, 0.4) is 0 Å². The highest BCUT2D eigenvalue weighted by Gasteiger charge is 2.25. The van der Waals surface area contributed by atoms with E-state index >= 15 is 0 Å². The van der Waals surface area contributed by atoms with Gasteiger partial charge in [0.25, 0.3) is 15.9 Å². The highest BCUT2D eigenvalue weighted by Crippen LogP contribution is 2.28. The molecule has 1 aromatic carbocycles. The first-order valence-electron chi connectivity index (χ1n) is 11.6. The average Bonchev–Trinajstić information content (AvgIpc) is 2.84. The Balaban J connectivity index is 1.97. The molecule has 0 radical (unpaired) electrons. The Morgan fingerprint density at radius 2 is 1.82 bits per heavy atom. The fourth-order valence-electron chi connectivity index (χ4n) is 3.15. The van der Waals surface area contributed by atoms with Crippen LogP contribution in [0.1, 0.15) is 29.9 Å². The summed E-state index contributed by atoms with van der Waals surface area (Å²) >= 11 is 0. The lowest BCUT2D eigenvalue weighted by Crippen LogP contribution is -2.31. The van der Waals surface area contributed by atoms with E-state index < -0.39 is 45.4 Å². The topological polar surface area (TPSA) is 107 Å². The molecule has 1 N–H and O–H groups in total. The van der Waals surface area contributed by atoms with Gasteiger partial charge in [0.1, 0.15) is 23.7 Å². The van der Waals surface area contributed by atoms with Crippen molar-refractivity contribution in [2.45, 2.75) is 32.0 Å². The number of alkyl halides is 3. The van der Waals surface area contributed by atoms with E-state index in [0.29, 0.717) is 18.4 Å². The number of rotatable bonds is 10. The summed E-state index contributed by atoms with van der Waals surface area (Å²) < 4.78 is 89.8. The number of benzene rings is 1. The zero-order chi connectivity index (χ0) is 28.8. The van der Waals surface area contributed by atoms with E-state index in [4.69, 9.17) is 9.47 Å². The van der Waals surface area contributed by atoms with E-state index in [1.54, 1.807) is 13.0 Å². The Hall–Kier alpha value is -4.00. The molecule has 0 fully saturated rings. The fourth-order valence-corrected chi connectivity index (χ4v) is 4.13. The molecule has 208 valence electrons. The van der Waals surface area contributed by atoms with Crippen LogP contribution < -0.4 is 14.2 Å². The highest BCUT2D eigenvalue weighted by atomic mass is 32.2. The number of allylic oxidation sites excluding steroid dienone is 1. The van der Waals surface area contributed by atoms with Crippen LogP contribution in [0.4, 0.5) is 17.6 Å². The second-order valence-electron chi connectivity index (χ2n) is 8.74. The van der Waals surface area contributed by atoms with Gasteiger partial charge in [-0.15, -0.1) is 0 Å². The molecule has 2 aromatic heterocycles. The van der Waals surface area contributed by atoms with E-state index in [1.165, 1.54) is 36.4 Å². The second-order valence-corrected chi connectivity index (χ2v) is 10.4. The van der Waals surface area contributed by atoms with Crippen molar-refractivity contribution in [1.29, 1.82) is 0 Å². The lowest BCUT2D eigenvalue weighted by molar-refractivity contribution is -0.0801. The molecule has 13 heteroatoms. The standard InChI is InChI=1S/C26H25F4N3O5S/c1-16(2)15-38-20-13-18(12-19(27)14-20)22-9-8-21(25(32-22)37-11-5-10-26(28,29)30)24(34)33-39(35,36)23-7-4-6-17(3)31-23/h4-10,12-14,16H,11,15H2,1-3H3,(H,33,34)/b10-5+. The number of nitrogens with zero attached hydrogens (tertiary/aromatic N) is 2. The van der Waals surface area contributed by atoms with Crippen LogP contribution in [0.2, 0.25) is 0 Å². The predicted octanol–water partition coefficient (Wildman–Crippen LogP) is 5.24. The maximum absolute atomic E-state index is 14.3. The van der Waals surface area contributed by atoms with Gasteiger partial charge >= 0.3 is 6.18 Å². The van der Waals surface area contributed by atoms with E-state index in [0.717, 1.165) is 6.07 Å². The summed E-state index contributed by atoms with van der Waals surface area (Å²) in [5.74, 6) is -1.88. The molecular formula is C26H25F4N3O5S. The van der Waals surface area contributed by atoms with Gasteiger partial charge in [0.15, 0.2) is 5.03 Å². The minimum Gasteiger partial charge on any atom is -0.493 e. The molecule has 3 rings (SSSR count). The van der Waals surface area contributed by atoms with Gasteiger partial charge in [0, 0.05) is 23.4 Å². The summed E-state index contributed by atoms with van der Waals surface area (Å²) in [5.41, 5.74) is 0.332. The van der Waals surface area contributed by atoms with Crippen LogP contribution >= 0.6 is 0 Å². The number of carbonyl (C=O) groups is 1. The number of sulfonamides is 1. The molecule has 3 aromatic rings. The monoisotopic (exact) mass is 567 g/mol. The number of pyridine rings is 2. The lowest BCUT2D eigenvalue weighted by Gasteiger charge is -2.13. The molecule has 0 atom stereocenters. The number of halogens is 4. The van der Waals surface area contributed by atoms with Crippen LogP contribution in [0, 0.1) is 18.7 Å². The molecule has 8 nitrogen and oxygen atoms in total. The summed E-state index contributed by atoms with van der Waals surface area (Å²) in [7, 11) is -4.40. The third-order valence-corrected chi connectivity index (χ3v) is 6.08. The molecule has 0 spiro atoms. The van der Waals surface area contributed by atoms with E-state index in [2.05, 4.69) is 9.97 Å². The minimum absolute atomic E-state index is 0.0601. The quantitative estimate of drug-likeness (QED) is 0.264. The minimum atomic E-state index is -4.60. The molecule has 1 amide bonds. The number of hydrogen-bond acceptors (Lipinski definition) is 7. The van der Waals surface area contributed by atoms with E-state index in [9.17, 15) is 30.8 Å². The van der Waals surface area contributed by atoms with Crippen molar-refractivity contribution in [3.8, 4) is 22.9 Å². The number of aromatic nitrogens is 2. The molecule has 2 heterocycles. The normalized spacial score (nSPS) is 12.1. The Kier molecular flexibility index (Phi) is 9.28. The lowest BCUT2D eigenvalue weighted by atomic mass is 10.1. The number of aryl methyl sites for hydroxylation is 1. The Bertz CT molecular complexity index is 1470. The van der Waals surface area contributed by atoms with Crippen molar-refractivity contribution in [3.63, 3.8) is 0 Å². The summed E-state index contributed by atoms with van der Waals surface area (Å²) in [6.45, 7) is 5.07. The zero-order valence-corrected chi connectivity index (χ0v) is 21.9. The van der Waals surface area contributed by atoms with Gasteiger partial charge in [0.2, 0.25) is 5.88 Å². The number of hydrogen-bond donors (Lipinski definition) is 1. The van der Waals surface area contributed by atoms with Gasteiger partial charge < -0.3 is 9.47 Å². The molecular weight excluding hydrogens is 542 g/mol. The van der Waals surface area contributed by atoms with E-state index in [1.807, 2.05) is 18.6 Å². The largest absolute Gasteiger partial charge is 0.493 e. The number of amides is 1. The van der Waals surface area contributed by atoms with Crippen molar-refractivity contribution in [2.24, 2.45) is 5.92 Å². The Labute approximate surface area is 222 Å². The molecule has 0 saturated carbocycles. The smallest absolute Gasteiger partial charge is 0.409 e. The summed E-state index contributed by atoms with van der Waals surface area (Å²) in [4.78, 5) is 21.0. The molecule has 0 aliphatic heterocycles. The fraction of sp³-hybridized carbons (Fsp3) is 0.269. The Morgan fingerprint density at radius 1 is 1.08 bits per heavy atom. The zero-order valence-electron chi connectivity index (χ0n) is 21.1. The SMILES string of the molecule is Cc1cccc(S(=O)(=O)NC(=O)c2ccc(-c3cc(F)cc(OCC(C)C)c3)nc2OC/C=C/C(F)(F)F)n1. The predicted molar refractivity (Wildman–Crippen MR) is 134 cm³/mol. The first-order valence-corrected chi connectivity index (χ1v) is 13.0. The highest BCUT2D eigenvalue weighted by molar-refractivity contribution is 7.90. The number of ether oxygens (including phenoxy) is 2. The Morgan fingerprint density at radius 3 is 2.49 bits per heavy atom. The third-order valence-electron chi connectivity index (χ3n) is 4.84. The summed E-state index contributed by atoms with van der Waals surface area (Å²) in [6.07, 6.45) is -4.00. The third kappa shape index (κ3) is 8.77. The van der Waals surface area contributed by atoms with Crippen molar-refractivity contribution < 1.29 is 40.2 Å². The molecule has 0 aliphatic rings. The van der Waals surface area contributed by atoms with Crippen LogP contribution in [0.25, 0.3) is 11.3 Å². The molecule has 0 aliphatic carbocycles. The van der Waals surface area contributed by atoms with Crippen molar-refractivity contribution in [2.75, 3.05) is 13.2 Å². The van der Waals surface area contributed by atoms with Gasteiger partial charge in [-0.05, 0) is 55.3 Å². The van der Waals surface area contributed by atoms with Crippen LogP contribution in [-0.2, 0) is 10.0 Å². The summed E-state index contributed by atoms with van der Waals surface area (Å²) in [5, 5.41) is -0.412. The maximum Gasteiger partial charge on any atom is 0.409 e. The first-order chi connectivity index (χ1) is 18.2.